The molecule has 1 fully saturated rings. The van der Waals surface area contributed by atoms with Crippen LogP contribution in [0.1, 0.15) is 6.42 Å². The minimum absolute atomic E-state index is 0.0320. The molecule has 0 bridgehead atoms. The van der Waals surface area contributed by atoms with E-state index < -0.39 is 36.4 Å². The number of halogens is 2. The summed E-state index contributed by atoms with van der Waals surface area (Å²) in [7, 11) is -7.22. The van der Waals surface area contributed by atoms with Crippen LogP contribution in [0.5, 0.6) is 0 Å². The normalized spacial score (nSPS) is 22.0. The fourth-order valence-corrected chi connectivity index (χ4v) is 5.07. The van der Waals surface area contributed by atoms with Crippen LogP contribution in [0.3, 0.4) is 0 Å². The quantitative estimate of drug-likeness (QED) is 0.883. The Kier molecular flexibility index (Phi) is 4.12. The Labute approximate surface area is 116 Å². The predicted molar refractivity (Wildman–Crippen MR) is 68.3 cm³/mol. The largest absolute Gasteiger partial charge is 0.243 e. The van der Waals surface area contributed by atoms with E-state index in [1.54, 1.807) is 0 Å². The molecule has 0 spiro atoms. The fourth-order valence-electron chi connectivity index (χ4n) is 2.03. The summed E-state index contributed by atoms with van der Waals surface area (Å²) in [5.41, 5.74) is 0. The standard InChI is InChI=1S/C11H13F2NO4S2/c12-9-1-2-11(10(13)5-9)20(17,18)14-6-8-3-4-19(15,16)7-8/h1-2,5,8,14H,3-4,6-7H2. The average Bonchev–Trinajstić information content (AvgIpc) is 2.66. The molecule has 1 N–H and O–H groups in total. The molecule has 1 atom stereocenters. The molecule has 5 nitrogen and oxygen atoms in total. The van der Waals surface area contributed by atoms with Crippen LogP contribution < -0.4 is 4.72 Å². The van der Waals surface area contributed by atoms with Crippen molar-refractivity contribution in [1.29, 1.82) is 0 Å². The van der Waals surface area contributed by atoms with Gasteiger partial charge in [-0.25, -0.2) is 30.3 Å². The highest BCUT2D eigenvalue weighted by Crippen LogP contribution is 2.19. The molecular formula is C11H13F2NO4S2. The van der Waals surface area contributed by atoms with Crippen molar-refractivity contribution in [1.82, 2.24) is 4.72 Å². The first-order valence-corrected chi connectivity index (χ1v) is 9.15. The second-order valence-electron chi connectivity index (χ2n) is 4.70. The summed E-state index contributed by atoms with van der Waals surface area (Å²) >= 11 is 0. The maximum Gasteiger partial charge on any atom is 0.243 e. The van der Waals surface area contributed by atoms with Crippen molar-refractivity contribution in [2.75, 3.05) is 18.1 Å². The van der Waals surface area contributed by atoms with Crippen LogP contribution in [-0.2, 0) is 19.9 Å². The molecule has 1 aliphatic heterocycles. The van der Waals surface area contributed by atoms with Gasteiger partial charge in [0.15, 0.2) is 9.84 Å². The molecule has 0 aliphatic carbocycles. The number of hydrogen-bond donors (Lipinski definition) is 1. The third kappa shape index (κ3) is 3.53. The van der Waals surface area contributed by atoms with Gasteiger partial charge in [0, 0.05) is 12.6 Å². The molecule has 0 amide bonds. The van der Waals surface area contributed by atoms with Crippen molar-refractivity contribution in [2.24, 2.45) is 5.92 Å². The SMILES string of the molecule is O=S1(=O)CCC(CNS(=O)(=O)c2ccc(F)cc2F)C1. The van der Waals surface area contributed by atoms with Gasteiger partial charge in [-0.3, -0.25) is 0 Å². The average molecular weight is 325 g/mol. The number of sulfone groups is 1. The molecule has 112 valence electrons. The minimum atomic E-state index is -4.12. The van der Waals surface area contributed by atoms with Gasteiger partial charge in [0.05, 0.1) is 11.5 Å². The Morgan fingerprint density at radius 3 is 2.55 bits per heavy atom. The van der Waals surface area contributed by atoms with Gasteiger partial charge in [-0.2, -0.15) is 0 Å². The summed E-state index contributed by atoms with van der Waals surface area (Å²) in [5, 5.41) is 0. The molecule has 1 aromatic carbocycles. The Hall–Kier alpha value is -1.06. The monoisotopic (exact) mass is 325 g/mol. The smallest absolute Gasteiger partial charge is 0.229 e. The van der Waals surface area contributed by atoms with Gasteiger partial charge in [0.2, 0.25) is 10.0 Å². The van der Waals surface area contributed by atoms with Gasteiger partial charge in [0.1, 0.15) is 16.5 Å². The van der Waals surface area contributed by atoms with Crippen molar-refractivity contribution < 1.29 is 25.6 Å². The van der Waals surface area contributed by atoms with Crippen molar-refractivity contribution in [2.45, 2.75) is 11.3 Å². The number of rotatable bonds is 4. The van der Waals surface area contributed by atoms with Gasteiger partial charge in [-0.15, -0.1) is 0 Å². The molecule has 1 aromatic rings. The van der Waals surface area contributed by atoms with E-state index in [1.165, 1.54) is 0 Å². The van der Waals surface area contributed by atoms with Gasteiger partial charge >= 0.3 is 0 Å². The van der Waals surface area contributed by atoms with E-state index in [-0.39, 0.29) is 24.0 Å². The van der Waals surface area contributed by atoms with E-state index in [1.807, 2.05) is 0 Å². The zero-order valence-corrected chi connectivity index (χ0v) is 12.0. The number of nitrogens with one attached hydrogen (secondary N) is 1. The van der Waals surface area contributed by atoms with Crippen LogP contribution in [-0.4, -0.2) is 34.9 Å². The minimum Gasteiger partial charge on any atom is -0.229 e. The predicted octanol–water partition coefficient (Wildman–Crippen LogP) is 0.678. The van der Waals surface area contributed by atoms with Gasteiger partial charge in [-0.05, 0) is 24.5 Å². The van der Waals surface area contributed by atoms with Crippen LogP contribution in [0.25, 0.3) is 0 Å². The molecule has 1 heterocycles. The van der Waals surface area contributed by atoms with Crippen LogP contribution in [0, 0.1) is 17.6 Å². The van der Waals surface area contributed by atoms with Crippen molar-refractivity contribution in [3.8, 4) is 0 Å². The van der Waals surface area contributed by atoms with Crippen LogP contribution in [0.2, 0.25) is 0 Å². The molecule has 2 rings (SSSR count). The van der Waals surface area contributed by atoms with Crippen molar-refractivity contribution >= 4 is 19.9 Å². The van der Waals surface area contributed by atoms with E-state index >= 15 is 0 Å². The van der Waals surface area contributed by atoms with Crippen LogP contribution in [0.4, 0.5) is 8.78 Å². The zero-order valence-electron chi connectivity index (χ0n) is 10.3. The maximum atomic E-state index is 13.4. The van der Waals surface area contributed by atoms with Crippen LogP contribution in [0.15, 0.2) is 23.1 Å². The highest BCUT2D eigenvalue weighted by Gasteiger charge is 2.29. The lowest BCUT2D eigenvalue weighted by molar-refractivity contribution is 0.527. The molecular weight excluding hydrogens is 312 g/mol. The Morgan fingerprint density at radius 1 is 1.30 bits per heavy atom. The van der Waals surface area contributed by atoms with Crippen molar-refractivity contribution in [3.63, 3.8) is 0 Å². The lowest BCUT2D eigenvalue weighted by atomic mass is 10.1. The van der Waals surface area contributed by atoms with E-state index in [2.05, 4.69) is 4.72 Å². The molecule has 0 radical (unpaired) electrons. The highest BCUT2D eigenvalue weighted by molar-refractivity contribution is 7.91. The Morgan fingerprint density at radius 2 is 2.00 bits per heavy atom. The molecule has 1 aliphatic rings. The lowest BCUT2D eigenvalue weighted by Gasteiger charge is -2.11. The van der Waals surface area contributed by atoms with E-state index in [9.17, 15) is 25.6 Å². The Bertz CT molecular complexity index is 716. The lowest BCUT2D eigenvalue weighted by Crippen LogP contribution is -2.30. The fraction of sp³-hybridized carbons (Fsp3) is 0.455. The van der Waals surface area contributed by atoms with Crippen molar-refractivity contribution in [3.05, 3.63) is 29.8 Å². The van der Waals surface area contributed by atoms with Gasteiger partial charge < -0.3 is 0 Å². The van der Waals surface area contributed by atoms with Gasteiger partial charge in [0.25, 0.3) is 0 Å². The summed E-state index contributed by atoms with van der Waals surface area (Å²) < 4.78 is 74.5. The van der Waals surface area contributed by atoms with Gasteiger partial charge in [-0.1, -0.05) is 0 Å². The first-order valence-electron chi connectivity index (χ1n) is 5.85. The number of benzene rings is 1. The third-order valence-corrected chi connectivity index (χ3v) is 6.37. The summed E-state index contributed by atoms with van der Waals surface area (Å²) in [6.45, 7) is -0.0849. The second-order valence-corrected chi connectivity index (χ2v) is 8.66. The molecule has 9 heteroatoms. The topological polar surface area (TPSA) is 80.3 Å². The van der Waals surface area contributed by atoms with E-state index in [0.29, 0.717) is 12.5 Å². The zero-order chi connectivity index (χ0) is 15.0. The third-order valence-electron chi connectivity index (χ3n) is 3.07. The Balaban J connectivity index is 2.08. The molecule has 1 saturated heterocycles. The van der Waals surface area contributed by atoms with E-state index in [4.69, 9.17) is 0 Å². The molecule has 0 aromatic heterocycles. The summed E-state index contributed by atoms with van der Waals surface area (Å²) in [6.07, 6.45) is 0.372. The second kappa shape index (κ2) is 5.38. The first kappa shape index (κ1) is 15.3. The molecule has 20 heavy (non-hydrogen) atoms. The molecule has 0 saturated carbocycles. The summed E-state index contributed by atoms with van der Waals surface area (Å²) in [4.78, 5) is -0.653. The van der Waals surface area contributed by atoms with E-state index in [0.717, 1.165) is 12.1 Å². The summed E-state index contributed by atoms with van der Waals surface area (Å²) in [5.74, 6) is -2.43. The number of sulfonamides is 1. The summed E-state index contributed by atoms with van der Waals surface area (Å²) in [6, 6.07) is 2.16. The molecule has 1 unspecified atom stereocenters. The number of hydrogen-bond acceptors (Lipinski definition) is 4. The maximum absolute atomic E-state index is 13.4. The highest BCUT2D eigenvalue weighted by atomic mass is 32.2. The first-order chi connectivity index (χ1) is 9.20. The van der Waals surface area contributed by atoms with Crippen LogP contribution >= 0.6 is 0 Å².